The maximum absolute atomic E-state index is 12.5. The number of carbonyl (C=O) groups is 4. The van der Waals surface area contributed by atoms with Crippen molar-refractivity contribution in [2.75, 3.05) is 13.2 Å². The van der Waals surface area contributed by atoms with Crippen LogP contribution in [0.2, 0.25) is 0 Å². The Bertz CT molecular complexity index is 1010. The Labute approximate surface area is 248 Å². The summed E-state index contributed by atoms with van der Waals surface area (Å²) < 4.78 is 31.4. The first-order chi connectivity index (χ1) is 19.7. The smallest absolute Gasteiger partial charge is 0.480 e. The zero-order valence-corrected chi connectivity index (χ0v) is 26.0. The Hall–Kier alpha value is -3.54. The van der Waals surface area contributed by atoms with Crippen molar-refractivity contribution in [3.8, 4) is 11.5 Å². The number of carboxylic acids is 1. The highest BCUT2D eigenvalue weighted by atomic mass is 16.8. The van der Waals surface area contributed by atoms with Crippen molar-refractivity contribution < 1.29 is 52.7 Å². The molecule has 0 saturated heterocycles. The van der Waals surface area contributed by atoms with Crippen molar-refractivity contribution >= 4 is 24.4 Å². The first-order valence-corrected chi connectivity index (χ1v) is 14.4. The van der Waals surface area contributed by atoms with Gasteiger partial charge in [-0.25, -0.2) is 14.4 Å². The van der Waals surface area contributed by atoms with E-state index in [0.29, 0.717) is 5.56 Å². The maximum atomic E-state index is 12.5. The van der Waals surface area contributed by atoms with Gasteiger partial charge in [0.15, 0.2) is 11.5 Å². The number of benzene rings is 1. The van der Waals surface area contributed by atoms with Crippen LogP contribution < -0.4 is 14.8 Å². The molecule has 3 unspecified atom stereocenters. The monoisotopic (exact) mass is 597 g/mol. The molecule has 0 aliphatic rings. The quantitative estimate of drug-likeness (QED) is 0.0919. The van der Waals surface area contributed by atoms with Gasteiger partial charge in [0.2, 0.25) is 0 Å². The number of unbranched alkanes of at least 4 members (excludes halogenated alkanes) is 2. The van der Waals surface area contributed by atoms with Crippen LogP contribution in [0, 0.1) is 11.8 Å². The normalized spacial score (nSPS) is 14.0. The fraction of sp³-hybridized carbons (Fsp3) is 0.667. The summed E-state index contributed by atoms with van der Waals surface area (Å²) in [6.07, 6.45) is -1.71. The fourth-order valence-corrected chi connectivity index (χ4v) is 3.19. The van der Waals surface area contributed by atoms with Crippen LogP contribution in [0.15, 0.2) is 18.2 Å². The number of nitrogens with one attached hydrogen (secondary N) is 1. The molecule has 0 amide bonds. The molecule has 0 spiro atoms. The highest BCUT2D eigenvalue weighted by Crippen LogP contribution is 2.30. The van der Waals surface area contributed by atoms with E-state index in [9.17, 15) is 24.3 Å². The van der Waals surface area contributed by atoms with Crippen molar-refractivity contribution in [1.82, 2.24) is 5.32 Å². The van der Waals surface area contributed by atoms with E-state index in [0.717, 1.165) is 19.3 Å². The number of aliphatic carboxylic acids is 1. The second-order valence-electron chi connectivity index (χ2n) is 10.9. The fourth-order valence-electron chi connectivity index (χ4n) is 3.19. The van der Waals surface area contributed by atoms with E-state index in [1.807, 2.05) is 34.6 Å². The number of hydrogen-bond acceptors (Lipinski definition) is 11. The summed E-state index contributed by atoms with van der Waals surface area (Å²) >= 11 is 0. The van der Waals surface area contributed by atoms with E-state index in [1.165, 1.54) is 18.2 Å². The molecule has 12 heteroatoms. The summed E-state index contributed by atoms with van der Waals surface area (Å²) in [4.78, 5) is 48.6. The lowest BCUT2D eigenvalue weighted by Crippen LogP contribution is -2.42. The minimum atomic E-state index is -1.15. The Balaban J connectivity index is 2.98. The van der Waals surface area contributed by atoms with E-state index in [2.05, 4.69) is 5.32 Å². The molecule has 0 bridgehead atoms. The van der Waals surface area contributed by atoms with Crippen LogP contribution in [0.1, 0.15) is 80.2 Å². The third-order valence-corrected chi connectivity index (χ3v) is 6.49. The van der Waals surface area contributed by atoms with Crippen LogP contribution in [-0.4, -0.2) is 67.0 Å². The molecule has 0 radical (unpaired) electrons. The molecule has 1 aromatic carbocycles. The highest BCUT2D eigenvalue weighted by Gasteiger charge is 2.24. The molecule has 42 heavy (non-hydrogen) atoms. The van der Waals surface area contributed by atoms with Crippen molar-refractivity contribution in [3.63, 3.8) is 0 Å². The molecule has 12 nitrogen and oxygen atoms in total. The average Bonchev–Trinajstić information content (AvgIpc) is 2.89. The molecule has 0 fully saturated rings. The molecular weight excluding hydrogens is 550 g/mol. The highest BCUT2D eigenvalue weighted by molar-refractivity contribution is 5.74. The van der Waals surface area contributed by atoms with E-state index in [1.54, 1.807) is 20.8 Å². The Kier molecular flexibility index (Phi) is 16.3. The molecule has 1 aromatic rings. The van der Waals surface area contributed by atoms with E-state index in [-0.39, 0.29) is 42.9 Å². The Morgan fingerprint density at radius 3 is 1.88 bits per heavy atom. The van der Waals surface area contributed by atoms with Gasteiger partial charge >= 0.3 is 24.4 Å². The molecule has 2 N–H and O–H groups in total. The number of carbonyl (C=O) groups excluding carboxylic acids is 3. The van der Waals surface area contributed by atoms with Crippen molar-refractivity contribution in [2.45, 2.75) is 105 Å². The molecule has 4 atom stereocenters. The van der Waals surface area contributed by atoms with Gasteiger partial charge in [0.1, 0.15) is 24.4 Å². The maximum Gasteiger partial charge on any atom is 0.514 e. The topological polar surface area (TPSA) is 156 Å². The van der Waals surface area contributed by atoms with Gasteiger partial charge in [-0.05, 0) is 63.1 Å². The number of carboxylic acid groups (broad SMARTS) is 1. The van der Waals surface area contributed by atoms with E-state index in [4.69, 9.17) is 28.4 Å². The summed E-state index contributed by atoms with van der Waals surface area (Å²) in [5, 5.41) is 12.6. The predicted molar refractivity (Wildman–Crippen MR) is 154 cm³/mol. The number of rotatable bonds is 17. The van der Waals surface area contributed by atoms with Gasteiger partial charge in [-0.2, -0.15) is 0 Å². The molecular formula is C30H47NO11. The van der Waals surface area contributed by atoms with Crippen molar-refractivity contribution in [2.24, 2.45) is 11.8 Å². The van der Waals surface area contributed by atoms with Crippen LogP contribution in [0.5, 0.6) is 11.5 Å². The first-order valence-electron chi connectivity index (χ1n) is 14.4. The Morgan fingerprint density at radius 2 is 1.36 bits per heavy atom. The van der Waals surface area contributed by atoms with E-state index < -0.39 is 48.8 Å². The van der Waals surface area contributed by atoms with Gasteiger partial charge in [0, 0.05) is 6.54 Å². The van der Waals surface area contributed by atoms with Crippen LogP contribution in [0.25, 0.3) is 0 Å². The first kappa shape index (κ1) is 36.5. The van der Waals surface area contributed by atoms with Gasteiger partial charge in [-0.3, -0.25) is 4.79 Å². The van der Waals surface area contributed by atoms with Crippen molar-refractivity contribution in [3.05, 3.63) is 23.8 Å². The van der Waals surface area contributed by atoms with Crippen LogP contribution in [0.3, 0.4) is 0 Å². The molecule has 0 aliphatic heterocycles. The summed E-state index contributed by atoms with van der Waals surface area (Å²) in [5.41, 5.74) is 0.453. The molecule has 0 heterocycles. The summed E-state index contributed by atoms with van der Waals surface area (Å²) in [6, 6.07) is 3.22. The van der Waals surface area contributed by atoms with Crippen LogP contribution in [0.4, 0.5) is 14.4 Å². The second kappa shape index (κ2) is 18.8. The van der Waals surface area contributed by atoms with Gasteiger partial charge in [-0.15, -0.1) is 0 Å². The Morgan fingerprint density at radius 1 is 0.786 bits per heavy atom. The lowest BCUT2D eigenvalue weighted by atomic mass is 10.0. The molecule has 0 aliphatic carbocycles. The van der Waals surface area contributed by atoms with Crippen molar-refractivity contribution in [1.29, 1.82) is 0 Å². The molecule has 238 valence electrons. The predicted octanol–water partition coefficient (Wildman–Crippen LogP) is 6.12. The lowest BCUT2D eigenvalue weighted by molar-refractivity contribution is -0.139. The molecule has 1 rings (SSSR count). The lowest BCUT2D eigenvalue weighted by Gasteiger charge is -2.20. The van der Waals surface area contributed by atoms with E-state index >= 15 is 0 Å². The van der Waals surface area contributed by atoms with Crippen LogP contribution in [-0.2, 0) is 30.2 Å². The minimum absolute atomic E-state index is 0.0313. The SMILES string of the molecule is CCCCCOC(=O)OC(C)CN[C@@H](Cc1ccc(OC(=O)OC(C)C(C)C)c(OC(=O)OC(C)C(C)C)c1)C(=O)O. The summed E-state index contributed by atoms with van der Waals surface area (Å²) in [5.74, 6) is -1.32. The number of hydrogen-bond donors (Lipinski definition) is 2. The summed E-state index contributed by atoms with van der Waals surface area (Å²) in [6.45, 7) is 14.9. The molecule has 0 saturated carbocycles. The minimum Gasteiger partial charge on any atom is -0.480 e. The molecule has 0 aromatic heterocycles. The van der Waals surface area contributed by atoms with Crippen LogP contribution >= 0.6 is 0 Å². The van der Waals surface area contributed by atoms with Gasteiger partial charge < -0.3 is 38.8 Å². The second-order valence-corrected chi connectivity index (χ2v) is 10.9. The largest absolute Gasteiger partial charge is 0.514 e. The third kappa shape index (κ3) is 14.4. The summed E-state index contributed by atoms with van der Waals surface area (Å²) in [7, 11) is 0. The standard InChI is InChI=1S/C30H47NO11/c1-9-10-11-14-37-28(34)38-20(6)17-31-24(27(32)33)15-23-12-13-25(41-29(35)39-21(7)18(2)3)26(16-23)42-30(36)40-22(8)19(4)5/h12-13,16,18-22,24,31H,9-11,14-15,17H2,1-8H3,(H,32,33)/t20?,21?,22?,24-/m0/s1. The van der Waals surface area contributed by atoms with Gasteiger partial charge in [0.25, 0.3) is 0 Å². The number of ether oxygens (including phenoxy) is 6. The van der Waals surface area contributed by atoms with Gasteiger partial charge in [-0.1, -0.05) is 53.5 Å². The van der Waals surface area contributed by atoms with Gasteiger partial charge in [0.05, 0.1) is 6.61 Å². The zero-order valence-electron chi connectivity index (χ0n) is 26.0. The zero-order chi connectivity index (χ0) is 31.8. The average molecular weight is 598 g/mol. The third-order valence-electron chi connectivity index (χ3n) is 6.49.